The van der Waals surface area contributed by atoms with Crippen LogP contribution < -0.4 is 0 Å². The van der Waals surface area contributed by atoms with Gasteiger partial charge in [-0.05, 0) is 49.9 Å². The molecule has 66 valence electrons. The molecule has 3 saturated carbocycles. The molecule has 0 spiro atoms. The molecule has 2 heteroatoms. The topological polar surface area (TPSA) is 37.3 Å². The molecule has 0 radical (unpaired) electrons. The minimum absolute atomic E-state index is 0.315. The Morgan fingerprint density at radius 3 is 2.25 bits per heavy atom. The van der Waals surface area contributed by atoms with Gasteiger partial charge >= 0.3 is 5.97 Å². The van der Waals surface area contributed by atoms with Crippen LogP contribution in [0.3, 0.4) is 0 Å². The summed E-state index contributed by atoms with van der Waals surface area (Å²) < 4.78 is 0. The van der Waals surface area contributed by atoms with Gasteiger partial charge in [-0.1, -0.05) is 0 Å². The maximum Gasteiger partial charge on any atom is 0.309 e. The number of rotatable bonds is 1. The molecule has 1 N–H and O–H groups in total. The van der Waals surface area contributed by atoms with Crippen molar-refractivity contribution >= 4 is 5.97 Å². The Hall–Kier alpha value is -0.530. The summed E-state index contributed by atoms with van der Waals surface area (Å²) in [6.45, 7) is 1.95. The normalized spacial score (nSPS) is 60.1. The molecule has 0 aliphatic heterocycles. The maximum absolute atomic E-state index is 11.0. The van der Waals surface area contributed by atoms with E-state index in [2.05, 4.69) is 0 Å². The van der Waals surface area contributed by atoms with Crippen LogP contribution in [-0.4, -0.2) is 11.1 Å². The molecule has 0 saturated heterocycles. The highest BCUT2D eigenvalue weighted by Crippen LogP contribution is 2.76. The second kappa shape index (κ2) is 1.70. The lowest BCUT2D eigenvalue weighted by Gasteiger charge is -2.12. The average molecular weight is 166 g/mol. The Bertz CT molecular complexity index is 243. The van der Waals surface area contributed by atoms with Gasteiger partial charge < -0.3 is 5.11 Å². The number of hydrogen-bond acceptors (Lipinski definition) is 1. The predicted molar refractivity (Wildman–Crippen MR) is 43.6 cm³/mol. The molecule has 3 aliphatic carbocycles. The van der Waals surface area contributed by atoms with Crippen molar-refractivity contribution in [2.45, 2.75) is 26.2 Å². The number of fused-ring (bicyclic) bond motifs is 5. The second-order valence-corrected chi connectivity index (χ2v) is 4.97. The number of hydrogen-bond donors (Lipinski definition) is 1. The van der Waals surface area contributed by atoms with Gasteiger partial charge in [0.15, 0.2) is 0 Å². The van der Waals surface area contributed by atoms with E-state index in [-0.39, 0.29) is 5.41 Å². The van der Waals surface area contributed by atoms with Gasteiger partial charge in [0.1, 0.15) is 0 Å². The summed E-state index contributed by atoms with van der Waals surface area (Å²) >= 11 is 0. The first-order valence-corrected chi connectivity index (χ1v) is 4.89. The fraction of sp³-hybridized carbons (Fsp3) is 0.900. The van der Waals surface area contributed by atoms with Crippen molar-refractivity contribution in [3.8, 4) is 0 Å². The molecule has 0 aromatic carbocycles. The zero-order valence-electron chi connectivity index (χ0n) is 7.29. The summed E-state index contributed by atoms with van der Waals surface area (Å²) in [5.41, 5.74) is -0.315. The third-order valence-electron chi connectivity index (χ3n) is 4.65. The molecule has 0 heterocycles. The lowest BCUT2D eigenvalue weighted by atomic mass is 9.92. The molecule has 12 heavy (non-hydrogen) atoms. The lowest BCUT2D eigenvalue weighted by Crippen LogP contribution is -2.19. The fourth-order valence-corrected chi connectivity index (χ4v) is 4.14. The van der Waals surface area contributed by atoms with Crippen LogP contribution in [0.4, 0.5) is 0 Å². The fourth-order valence-electron chi connectivity index (χ4n) is 4.14. The highest BCUT2D eigenvalue weighted by Gasteiger charge is 2.75. The Labute approximate surface area is 72.0 Å². The van der Waals surface area contributed by atoms with Crippen LogP contribution in [0.25, 0.3) is 0 Å². The van der Waals surface area contributed by atoms with E-state index in [1.165, 1.54) is 19.3 Å². The third-order valence-corrected chi connectivity index (χ3v) is 4.65. The van der Waals surface area contributed by atoms with E-state index in [0.29, 0.717) is 11.8 Å². The highest BCUT2D eigenvalue weighted by atomic mass is 16.4. The van der Waals surface area contributed by atoms with Gasteiger partial charge in [0.05, 0.1) is 5.41 Å². The van der Waals surface area contributed by atoms with Gasteiger partial charge in [0.2, 0.25) is 0 Å². The molecule has 2 nitrogen and oxygen atoms in total. The zero-order chi connectivity index (χ0) is 8.51. The van der Waals surface area contributed by atoms with Crippen molar-refractivity contribution in [3.63, 3.8) is 0 Å². The van der Waals surface area contributed by atoms with Crippen molar-refractivity contribution in [2.75, 3.05) is 0 Å². The average Bonchev–Trinajstić information content (AvgIpc) is 2.47. The molecule has 3 fully saturated rings. The summed E-state index contributed by atoms with van der Waals surface area (Å²) in [4.78, 5) is 11.0. The third kappa shape index (κ3) is 0.511. The molecule has 0 amide bonds. The van der Waals surface area contributed by atoms with Gasteiger partial charge in [-0.15, -0.1) is 0 Å². The van der Waals surface area contributed by atoms with Crippen molar-refractivity contribution in [1.82, 2.24) is 0 Å². The van der Waals surface area contributed by atoms with Crippen molar-refractivity contribution in [1.29, 1.82) is 0 Å². The lowest BCUT2D eigenvalue weighted by molar-refractivity contribution is -0.144. The van der Waals surface area contributed by atoms with Crippen LogP contribution in [0.1, 0.15) is 26.2 Å². The number of carbonyl (C=O) groups is 1. The van der Waals surface area contributed by atoms with E-state index in [1.54, 1.807) is 0 Å². The standard InChI is InChI=1S/C10H14O2/c1-10(9(11)12)7-5-2-3-6(4-5)8(7)10/h5-8H,2-4H2,1H3,(H,11,12). The second-order valence-electron chi connectivity index (χ2n) is 4.97. The van der Waals surface area contributed by atoms with Gasteiger partial charge in [0, 0.05) is 0 Å². The van der Waals surface area contributed by atoms with E-state index in [1.807, 2.05) is 6.92 Å². The number of carboxylic acids is 1. The van der Waals surface area contributed by atoms with E-state index >= 15 is 0 Å². The summed E-state index contributed by atoms with van der Waals surface area (Å²) in [5.74, 6) is 2.08. The molecular weight excluding hydrogens is 152 g/mol. The minimum atomic E-state index is -0.547. The summed E-state index contributed by atoms with van der Waals surface area (Å²) in [5, 5.41) is 9.08. The smallest absolute Gasteiger partial charge is 0.309 e. The number of carboxylic acid groups (broad SMARTS) is 1. The first-order valence-electron chi connectivity index (χ1n) is 4.89. The van der Waals surface area contributed by atoms with Crippen LogP contribution >= 0.6 is 0 Å². The summed E-state index contributed by atoms with van der Waals surface area (Å²) in [6, 6.07) is 0. The van der Waals surface area contributed by atoms with Crippen molar-refractivity contribution in [2.24, 2.45) is 29.1 Å². The van der Waals surface area contributed by atoms with Crippen LogP contribution in [0.5, 0.6) is 0 Å². The zero-order valence-corrected chi connectivity index (χ0v) is 7.29. The van der Waals surface area contributed by atoms with Gasteiger partial charge in [0.25, 0.3) is 0 Å². The van der Waals surface area contributed by atoms with E-state index < -0.39 is 5.97 Å². The van der Waals surface area contributed by atoms with E-state index in [4.69, 9.17) is 5.11 Å². The summed E-state index contributed by atoms with van der Waals surface area (Å²) in [7, 11) is 0. The van der Waals surface area contributed by atoms with Gasteiger partial charge in [-0.2, -0.15) is 0 Å². The van der Waals surface area contributed by atoms with Crippen LogP contribution in [0.2, 0.25) is 0 Å². The first-order chi connectivity index (χ1) is 5.65. The Balaban J connectivity index is 1.94. The maximum atomic E-state index is 11.0. The first kappa shape index (κ1) is 6.93. The monoisotopic (exact) mass is 166 g/mol. The Kier molecular flexibility index (Phi) is 0.984. The molecule has 3 rings (SSSR count). The van der Waals surface area contributed by atoms with E-state index in [9.17, 15) is 4.79 Å². The Morgan fingerprint density at radius 1 is 1.33 bits per heavy atom. The quantitative estimate of drug-likeness (QED) is 0.644. The van der Waals surface area contributed by atoms with Crippen molar-refractivity contribution in [3.05, 3.63) is 0 Å². The van der Waals surface area contributed by atoms with Crippen molar-refractivity contribution < 1.29 is 9.90 Å². The van der Waals surface area contributed by atoms with E-state index in [0.717, 1.165) is 11.8 Å². The SMILES string of the molecule is CC1(C(=O)O)C2C3CCC(C3)C21. The molecule has 0 aromatic rings. The molecule has 0 aromatic heterocycles. The molecule has 4 atom stereocenters. The molecule has 2 bridgehead atoms. The van der Waals surface area contributed by atoms with Gasteiger partial charge in [-0.25, -0.2) is 0 Å². The molecule has 3 aliphatic rings. The highest BCUT2D eigenvalue weighted by molar-refractivity contribution is 5.79. The predicted octanol–water partition coefficient (Wildman–Crippen LogP) is 1.75. The molecular formula is C10H14O2. The van der Waals surface area contributed by atoms with Crippen LogP contribution in [-0.2, 0) is 4.79 Å². The number of aliphatic carboxylic acids is 1. The van der Waals surface area contributed by atoms with Gasteiger partial charge in [-0.3, -0.25) is 4.79 Å². The van der Waals surface area contributed by atoms with Crippen LogP contribution in [0, 0.1) is 29.1 Å². The molecule has 4 unspecified atom stereocenters. The van der Waals surface area contributed by atoms with Crippen LogP contribution in [0.15, 0.2) is 0 Å². The Morgan fingerprint density at radius 2 is 1.83 bits per heavy atom. The largest absolute Gasteiger partial charge is 0.481 e. The summed E-state index contributed by atoms with van der Waals surface area (Å²) in [6.07, 6.45) is 3.93. The minimum Gasteiger partial charge on any atom is -0.481 e.